The summed E-state index contributed by atoms with van der Waals surface area (Å²) < 4.78 is 25.9. The second kappa shape index (κ2) is 11.4. The Balaban J connectivity index is 1.21. The van der Waals surface area contributed by atoms with Gasteiger partial charge >= 0.3 is 0 Å². The molecule has 6 heteroatoms. The summed E-state index contributed by atoms with van der Waals surface area (Å²) in [6.45, 7) is 3.72. The van der Waals surface area contributed by atoms with Gasteiger partial charge in [-0.15, -0.1) is 0 Å². The normalized spacial score (nSPS) is 17.9. The molecule has 1 heterocycles. The molecule has 1 unspecified atom stereocenters. The van der Waals surface area contributed by atoms with E-state index in [0.29, 0.717) is 45.3 Å². The highest BCUT2D eigenvalue weighted by atomic mass is 16.6. The minimum Gasteiger partial charge on any atom is -0.493 e. The third kappa shape index (κ3) is 3.85. The van der Waals surface area contributed by atoms with Crippen LogP contribution in [0.2, 0.25) is 0 Å². The van der Waals surface area contributed by atoms with Crippen LogP contribution in [0, 0.1) is 36.5 Å². The van der Waals surface area contributed by atoms with Crippen LogP contribution in [-0.2, 0) is 16.2 Å². The van der Waals surface area contributed by atoms with Crippen molar-refractivity contribution in [2.45, 2.75) is 42.9 Å². The fourth-order valence-electron chi connectivity index (χ4n) is 12.0. The van der Waals surface area contributed by atoms with Crippen molar-refractivity contribution < 1.29 is 18.9 Å². The maximum Gasteiger partial charge on any atom is 0.189 e. The van der Waals surface area contributed by atoms with Crippen LogP contribution in [-0.4, -0.2) is 14.2 Å². The molecule has 12 rings (SSSR count). The predicted molar refractivity (Wildman–Crippen MR) is 225 cm³/mol. The van der Waals surface area contributed by atoms with Crippen LogP contribution in [0.25, 0.3) is 22.3 Å². The first-order valence-corrected chi connectivity index (χ1v) is 20.0. The molecule has 282 valence electrons. The molecule has 0 aromatic heterocycles. The Bertz CT molecular complexity index is 3070. The van der Waals surface area contributed by atoms with E-state index in [0.717, 1.165) is 24.0 Å². The summed E-state index contributed by atoms with van der Waals surface area (Å²) in [6, 6.07) is 48.9. The number of fused-ring (bicyclic) bond motifs is 18. The summed E-state index contributed by atoms with van der Waals surface area (Å²) in [7, 11) is 3.42. The molecule has 0 amide bonds. The van der Waals surface area contributed by atoms with Crippen molar-refractivity contribution in [3.05, 3.63) is 188 Å². The first-order chi connectivity index (χ1) is 28.8. The number of methoxy groups -OCH3 is 2. The molecule has 6 nitrogen and oxygen atoms in total. The van der Waals surface area contributed by atoms with Crippen molar-refractivity contribution in [3.8, 4) is 68.9 Å². The van der Waals surface area contributed by atoms with Crippen molar-refractivity contribution in [2.75, 3.05) is 14.2 Å². The highest BCUT2D eigenvalue weighted by Gasteiger charge is 2.66. The average Bonchev–Trinajstić information content (AvgIpc) is 3.93. The fourth-order valence-corrected chi connectivity index (χ4v) is 12.0. The van der Waals surface area contributed by atoms with Crippen LogP contribution in [0.1, 0.15) is 79.6 Å². The van der Waals surface area contributed by atoms with Gasteiger partial charge in [0.15, 0.2) is 34.5 Å². The van der Waals surface area contributed by atoms with Gasteiger partial charge in [-0.25, -0.2) is 0 Å². The molecule has 1 aliphatic heterocycles. The predicted octanol–water partition coefficient (Wildman–Crippen LogP) is 11.7. The number of rotatable bonds is 2. The van der Waals surface area contributed by atoms with E-state index in [2.05, 4.69) is 133 Å². The van der Waals surface area contributed by atoms with E-state index in [-0.39, 0.29) is 11.5 Å². The first kappa shape index (κ1) is 33.8. The molecule has 0 bridgehead atoms. The van der Waals surface area contributed by atoms with Gasteiger partial charge in [-0.1, -0.05) is 97.1 Å². The quantitative estimate of drug-likeness (QED) is 0.174. The number of nitriles is 2. The highest BCUT2D eigenvalue weighted by molar-refractivity contribution is 5.90. The van der Waals surface area contributed by atoms with Gasteiger partial charge in [-0.05, 0) is 129 Å². The minimum atomic E-state index is -0.586. The van der Waals surface area contributed by atoms with E-state index in [1.54, 1.807) is 14.2 Å². The fraction of sp³-hybridized carbons (Fsp3) is 0.170. The molecule has 7 aromatic carbocycles. The summed E-state index contributed by atoms with van der Waals surface area (Å²) in [4.78, 5) is 0. The van der Waals surface area contributed by atoms with Gasteiger partial charge < -0.3 is 18.9 Å². The topological polar surface area (TPSA) is 84.5 Å². The number of hydrogen-bond acceptors (Lipinski definition) is 6. The maximum absolute atomic E-state index is 10.4. The van der Waals surface area contributed by atoms with Crippen molar-refractivity contribution in [1.29, 1.82) is 10.5 Å². The van der Waals surface area contributed by atoms with Crippen LogP contribution in [0.3, 0.4) is 0 Å². The van der Waals surface area contributed by atoms with E-state index in [1.165, 1.54) is 55.6 Å². The lowest BCUT2D eigenvalue weighted by molar-refractivity contribution is 0.353. The zero-order valence-electron chi connectivity index (χ0n) is 33.0. The third-order valence-corrected chi connectivity index (χ3v) is 14.4. The summed E-state index contributed by atoms with van der Waals surface area (Å²) in [5, 5.41) is 20.9. The SMILES string of the molecule is COc1cc2c(cc1OC)C1(CC23CC2(c4ccccc4-c4ccccc42)c2cc4c(cc23)Oc2c(C#N)c(C)c(C)c(C#N)c2O4)c2ccccc2-c2ccccc21. The number of benzene rings is 7. The third-order valence-electron chi connectivity index (χ3n) is 14.4. The molecule has 0 radical (unpaired) electrons. The smallest absolute Gasteiger partial charge is 0.189 e. The molecule has 3 spiro atoms. The van der Waals surface area contributed by atoms with Crippen LogP contribution in [0.5, 0.6) is 34.5 Å². The number of hydrogen-bond donors (Lipinski definition) is 0. The summed E-state index contributed by atoms with van der Waals surface area (Å²) in [6.07, 6.45) is 1.48. The van der Waals surface area contributed by atoms with Crippen molar-refractivity contribution in [2.24, 2.45) is 0 Å². The standard InChI is InChI=1S/C53H36N2O4/c1-29-30(2)36(26-55)50-49(35(29)25-54)58-47-22-42-44(24-48(47)59-50)53(39-19-11-7-15-33(39)34-16-8-12-20-40(34)53)28-51(42)27-52(43-23-46(57-4)45(56-3)21-41(43)51)37-17-9-5-13-31(37)32-14-6-10-18-38(32)52/h5-24H,27-28H2,1-4H3. The zero-order chi connectivity index (χ0) is 40.0. The van der Waals surface area contributed by atoms with Gasteiger partial charge in [0.05, 0.1) is 14.2 Å². The monoisotopic (exact) mass is 764 g/mol. The van der Waals surface area contributed by atoms with Gasteiger partial charge in [0.25, 0.3) is 0 Å². The van der Waals surface area contributed by atoms with Crippen molar-refractivity contribution in [1.82, 2.24) is 0 Å². The molecular formula is C53H36N2O4. The van der Waals surface area contributed by atoms with Gasteiger partial charge in [-0.2, -0.15) is 10.5 Å². The number of nitrogens with zero attached hydrogens (tertiary/aromatic N) is 2. The second-order valence-electron chi connectivity index (χ2n) is 16.6. The highest BCUT2D eigenvalue weighted by Crippen LogP contribution is 2.74. The van der Waals surface area contributed by atoms with Gasteiger partial charge in [0.1, 0.15) is 23.3 Å². The Morgan fingerprint density at radius 3 is 1.20 bits per heavy atom. The largest absolute Gasteiger partial charge is 0.493 e. The van der Waals surface area contributed by atoms with Crippen LogP contribution < -0.4 is 18.9 Å². The summed E-state index contributed by atoms with van der Waals surface area (Å²) in [5.74, 6) is 2.98. The molecule has 4 aliphatic carbocycles. The molecular weight excluding hydrogens is 729 g/mol. The molecule has 7 aromatic rings. The molecule has 5 aliphatic rings. The Kier molecular flexibility index (Phi) is 6.55. The van der Waals surface area contributed by atoms with Gasteiger partial charge in [0.2, 0.25) is 0 Å². The number of ether oxygens (including phenoxy) is 4. The molecule has 0 fully saturated rings. The van der Waals surface area contributed by atoms with E-state index in [1.807, 2.05) is 13.8 Å². The lowest BCUT2D eigenvalue weighted by Gasteiger charge is -2.35. The Hall–Kier alpha value is -7.28. The van der Waals surface area contributed by atoms with Crippen LogP contribution in [0.4, 0.5) is 0 Å². The van der Waals surface area contributed by atoms with E-state index in [9.17, 15) is 10.5 Å². The summed E-state index contributed by atoms with van der Waals surface area (Å²) in [5.41, 5.74) is 15.1. The average molecular weight is 765 g/mol. The molecule has 0 saturated heterocycles. The summed E-state index contributed by atoms with van der Waals surface area (Å²) >= 11 is 0. The van der Waals surface area contributed by atoms with Gasteiger partial charge in [0, 0.05) is 16.2 Å². The van der Waals surface area contributed by atoms with E-state index < -0.39 is 16.2 Å². The van der Waals surface area contributed by atoms with Crippen LogP contribution in [0.15, 0.2) is 121 Å². The van der Waals surface area contributed by atoms with Crippen molar-refractivity contribution >= 4 is 0 Å². The lowest BCUT2D eigenvalue weighted by atomic mass is 9.66. The maximum atomic E-state index is 10.4. The van der Waals surface area contributed by atoms with Crippen LogP contribution >= 0.6 is 0 Å². The first-order valence-electron chi connectivity index (χ1n) is 20.0. The van der Waals surface area contributed by atoms with E-state index >= 15 is 0 Å². The Morgan fingerprint density at radius 2 is 0.814 bits per heavy atom. The lowest BCUT2D eigenvalue weighted by Crippen LogP contribution is -2.32. The Labute approximate surface area is 342 Å². The zero-order valence-corrected chi connectivity index (χ0v) is 33.0. The van der Waals surface area contributed by atoms with Gasteiger partial charge in [-0.3, -0.25) is 0 Å². The Morgan fingerprint density at radius 1 is 0.475 bits per heavy atom. The second-order valence-corrected chi connectivity index (χ2v) is 16.6. The van der Waals surface area contributed by atoms with Crippen molar-refractivity contribution in [3.63, 3.8) is 0 Å². The molecule has 0 N–H and O–H groups in total. The molecule has 1 atom stereocenters. The molecule has 0 saturated carbocycles. The van der Waals surface area contributed by atoms with E-state index in [4.69, 9.17) is 18.9 Å². The molecule has 59 heavy (non-hydrogen) atoms. The minimum absolute atomic E-state index is 0.284.